The first-order chi connectivity index (χ1) is 10.9. The third-order valence-corrected chi connectivity index (χ3v) is 3.61. The van der Waals surface area contributed by atoms with Crippen LogP contribution in [-0.4, -0.2) is 23.5 Å². The molecule has 6 nitrogen and oxygen atoms in total. The van der Waals surface area contributed by atoms with Gasteiger partial charge in [-0.3, -0.25) is 14.9 Å². The highest BCUT2D eigenvalue weighted by molar-refractivity contribution is 6.30. The summed E-state index contributed by atoms with van der Waals surface area (Å²) >= 11 is 5.72. The van der Waals surface area contributed by atoms with E-state index >= 15 is 0 Å². The first-order valence-electron chi connectivity index (χ1n) is 7.80. The second kappa shape index (κ2) is 10.0. The highest BCUT2D eigenvalue weighted by Gasteiger charge is 2.17. The van der Waals surface area contributed by atoms with Crippen molar-refractivity contribution < 1.29 is 14.5 Å². The molecule has 1 N–H and O–H groups in total. The fourth-order valence-electron chi connectivity index (χ4n) is 2.16. The number of amides is 1. The number of ether oxygens (including phenoxy) is 1. The molecule has 0 spiro atoms. The number of carbonyl (C=O) groups excluding carboxylic acids is 1. The topological polar surface area (TPSA) is 81.5 Å². The van der Waals surface area contributed by atoms with Crippen molar-refractivity contribution in [3.8, 4) is 5.75 Å². The zero-order valence-electron chi connectivity index (χ0n) is 13.5. The predicted octanol–water partition coefficient (Wildman–Crippen LogP) is 4.10. The fourth-order valence-corrected chi connectivity index (χ4v) is 2.33. The van der Waals surface area contributed by atoms with Crippen molar-refractivity contribution in [3.63, 3.8) is 0 Å². The Hall–Kier alpha value is -1.82. The van der Waals surface area contributed by atoms with Gasteiger partial charge in [0.05, 0.1) is 4.92 Å². The molecule has 0 aromatic heterocycles. The minimum absolute atomic E-state index is 0.0325. The number of unbranched alkanes of at least 4 members (excludes halogenated alkanes) is 3. The summed E-state index contributed by atoms with van der Waals surface area (Å²) in [6.45, 7) is 3.83. The minimum atomic E-state index is -0.588. The van der Waals surface area contributed by atoms with Crippen LogP contribution >= 0.6 is 11.6 Å². The fraction of sp³-hybridized carbons (Fsp3) is 0.562. The van der Waals surface area contributed by atoms with E-state index in [4.69, 9.17) is 16.3 Å². The van der Waals surface area contributed by atoms with Gasteiger partial charge in [-0.25, -0.2) is 0 Å². The molecule has 23 heavy (non-hydrogen) atoms. The third kappa shape index (κ3) is 7.32. The van der Waals surface area contributed by atoms with E-state index in [-0.39, 0.29) is 35.0 Å². The van der Waals surface area contributed by atoms with Gasteiger partial charge in [0.25, 0.3) is 5.91 Å². The van der Waals surface area contributed by atoms with Crippen molar-refractivity contribution in [3.05, 3.63) is 33.3 Å². The Bertz CT molecular complexity index is 537. The van der Waals surface area contributed by atoms with Gasteiger partial charge in [-0.05, 0) is 25.5 Å². The van der Waals surface area contributed by atoms with Crippen LogP contribution in [0.5, 0.6) is 5.75 Å². The monoisotopic (exact) mass is 342 g/mol. The van der Waals surface area contributed by atoms with Gasteiger partial charge in [-0.2, -0.15) is 0 Å². The molecule has 0 aliphatic rings. The predicted molar refractivity (Wildman–Crippen MR) is 90.0 cm³/mol. The lowest BCUT2D eigenvalue weighted by molar-refractivity contribution is -0.385. The van der Waals surface area contributed by atoms with Crippen LogP contribution in [0.1, 0.15) is 46.0 Å². The molecule has 0 saturated carbocycles. The number of carbonyl (C=O) groups is 1. The first kappa shape index (κ1) is 19.2. The van der Waals surface area contributed by atoms with Crippen LogP contribution in [0.4, 0.5) is 5.69 Å². The standard InChI is InChI=1S/C16H23ClN2O4/c1-3-4-5-6-7-12(2)18-16(20)11-23-15-9-8-13(17)10-14(15)19(21)22/h8-10,12H,3-7,11H2,1-2H3,(H,18,20)/t12-/m1/s1. The Labute approximate surface area is 141 Å². The van der Waals surface area contributed by atoms with Gasteiger partial charge in [0.2, 0.25) is 0 Å². The Morgan fingerprint density at radius 2 is 2.13 bits per heavy atom. The van der Waals surface area contributed by atoms with E-state index in [1.54, 1.807) is 0 Å². The Morgan fingerprint density at radius 1 is 1.39 bits per heavy atom. The second-order valence-electron chi connectivity index (χ2n) is 5.48. The zero-order valence-corrected chi connectivity index (χ0v) is 14.3. The van der Waals surface area contributed by atoms with Gasteiger partial charge in [0.15, 0.2) is 12.4 Å². The van der Waals surface area contributed by atoms with Gasteiger partial charge in [0, 0.05) is 17.1 Å². The molecule has 0 radical (unpaired) electrons. The van der Waals surface area contributed by atoms with Gasteiger partial charge in [0.1, 0.15) is 0 Å². The number of nitro benzene ring substituents is 1. The SMILES string of the molecule is CCCCCC[C@@H](C)NC(=O)COc1ccc(Cl)cc1[N+](=O)[O-]. The minimum Gasteiger partial charge on any atom is -0.477 e. The Balaban J connectivity index is 2.43. The van der Waals surface area contributed by atoms with E-state index in [9.17, 15) is 14.9 Å². The number of nitrogens with one attached hydrogen (secondary N) is 1. The van der Waals surface area contributed by atoms with Crippen LogP contribution in [0, 0.1) is 10.1 Å². The number of rotatable bonds is 10. The maximum absolute atomic E-state index is 11.8. The maximum atomic E-state index is 11.8. The summed E-state index contributed by atoms with van der Waals surface area (Å²) in [4.78, 5) is 22.2. The van der Waals surface area contributed by atoms with E-state index in [0.717, 1.165) is 19.3 Å². The van der Waals surface area contributed by atoms with Crippen molar-refractivity contribution in [2.24, 2.45) is 0 Å². The van der Waals surface area contributed by atoms with Crippen molar-refractivity contribution >= 4 is 23.2 Å². The third-order valence-electron chi connectivity index (χ3n) is 3.37. The molecule has 0 unspecified atom stereocenters. The molecular formula is C16H23ClN2O4. The van der Waals surface area contributed by atoms with Gasteiger partial charge in [-0.15, -0.1) is 0 Å². The van der Waals surface area contributed by atoms with Crippen LogP contribution in [0.25, 0.3) is 0 Å². The summed E-state index contributed by atoms with van der Waals surface area (Å²) in [5.74, 6) is -0.262. The molecule has 1 atom stereocenters. The molecule has 0 saturated heterocycles. The molecule has 0 aliphatic heterocycles. The van der Waals surface area contributed by atoms with E-state index in [2.05, 4.69) is 12.2 Å². The smallest absolute Gasteiger partial charge is 0.312 e. The molecule has 0 aliphatic carbocycles. The molecule has 7 heteroatoms. The second-order valence-corrected chi connectivity index (χ2v) is 5.91. The summed E-state index contributed by atoms with van der Waals surface area (Å²) in [6.07, 6.45) is 5.51. The van der Waals surface area contributed by atoms with E-state index in [1.807, 2.05) is 6.92 Å². The highest BCUT2D eigenvalue weighted by Crippen LogP contribution is 2.29. The van der Waals surface area contributed by atoms with Crippen molar-refractivity contribution in [1.82, 2.24) is 5.32 Å². The average molecular weight is 343 g/mol. The van der Waals surface area contributed by atoms with E-state index in [1.165, 1.54) is 31.0 Å². The van der Waals surface area contributed by atoms with E-state index in [0.29, 0.717) is 0 Å². The molecule has 1 amide bonds. The summed E-state index contributed by atoms with van der Waals surface area (Å²) in [5, 5.41) is 14.0. The molecule has 1 aromatic carbocycles. The lowest BCUT2D eigenvalue weighted by Gasteiger charge is -2.14. The first-order valence-corrected chi connectivity index (χ1v) is 8.18. The molecule has 0 heterocycles. The zero-order chi connectivity index (χ0) is 17.2. The summed E-state index contributed by atoms with van der Waals surface area (Å²) in [5.41, 5.74) is -0.252. The number of halogens is 1. The summed E-state index contributed by atoms with van der Waals surface area (Å²) in [7, 11) is 0. The summed E-state index contributed by atoms with van der Waals surface area (Å²) in [6, 6.07) is 4.13. The van der Waals surface area contributed by atoms with Gasteiger partial charge >= 0.3 is 5.69 Å². The van der Waals surface area contributed by atoms with Gasteiger partial charge in [-0.1, -0.05) is 44.2 Å². The van der Waals surface area contributed by atoms with Crippen molar-refractivity contribution in [2.75, 3.05) is 6.61 Å². The normalized spacial score (nSPS) is 11.8. The largest absolute Gasteiger partial charge is 0.477 e. The van der Waals surface area contributed by atoms with Crippen LogP contribution in [0.3, 0.4) is 0 Å². The van der Waals surface area contributed by atoms with Gasteiger partial charge < -0.3 is 10.1 Å². The number of nitro groups is 1. The lowest BCUT2D eigenvalue weighted by atomic mass is 10.1. The van der Waals surface area contributed by atoms with Crippen molar-refractivity contribution in [2.45, 2.75) is 52.0 Å². The maximum Gasteiger partial charge on any atom is 0.312 e. The Kier molecular flexibility index (Phi) is 8.40. The van der Waals surface area contributed by atoms with Crippen LogP contribution in [-0.2, 0) is 4.79 Å². The van der Waals surface area contributed by atoms with Crippen LogP contribution in [0.2, 0.25) is 5.02 Å². The lowest BCUT2D eigenvalue weighted by Crippen LogP contribution is -2.36. The Morgan fingerprint density at radius 3 is 2.78 bits per heavy atom. The molecule has 1 rings (SSSR count). The van der Waals surface area contributed by atoms with Crippen molar-refractivity contribution in [1.29, 1.82) is 0 Å². The molecule has 0 bridgehead atoms. The molecular weight excluding hydrogens is 320 g/mol. The number of benzene rings is 1. The number of nitrogens with zero attached hydrogens (tertiary/aromatic N) is 1. The highest BCUT2D eigenvalue weighted by atomic mass is 35.5. The summed E-state index contributed by atoms with van der Waals surface area (Å²) < 4.78 is 5.25. The average Bonchev–Trinajstić information content (AvgIpc) is 2.50. The molecule has 1 aromatic rings. The van der Waals surface area contributed by atoms with E-state index < -0.39 is 4.92 Å². The van der Waals surface area contributed by atoms with Crippen LogP contribution < -0.4 is 10.1 Å². The number of hydrogen-bond donors (Lipinski definition) is 1. The molecule has 0 fully saturated rings. The number of hydrogen-bond acceptors (Lipinski definition) is 4. The quantitative estimate of drug-likeness (QED) is 0.394. The van der Waals surface area contributed by atoms with Crippen LogP contribution in [0.15, 0.2) is 18.2 Å². The molecule has 128 valence electrons.